The third kappa shape index (κ3) is 1.78. The summed E-state index contributed by atoms with van der Waals surface area (Å²) in [6, 6.07) is 4.21. The molecule has 0 heterocycles. The normalized spacial score (nSPS) is 11.7. The van der Waals surface area contributed by atoms with E-state index in [0.29, 0.717) is 5.02 Å². The Morgan fingerprint density at radius 1 is 1.42 bits per heavy atom. The maximum atomic E-state index is 10.7. The van der Waals surface area contributed by atoms with Crippen LogP contribution in [0.1, 0.15) is 0 Å². The Morgan fingerprint density at radius 2 is 2.08 bits per heavy atom. The molecule has 0 saturated heterocycles. The first-order valence-corrected chi connectivity index (χ1v) is 3.68. The quantitative estimate of drug-likeness (QED) is 0.437. The highest BCUT2D eigenvalue weighted by atomic mass is 35.5. The Morgan fingerprint density at radius 3 is 2.58 bits per heavy atom. The van der Waals surface area contributed by atoms with Crippen molar-refractivity contribution in [1.82, 2.24) is 0 Å². The minimum absolute atomic E-state index is 0.00133. The lowest BCUT2D eigenvalue weighted by Gasteiger charge is -1.98. The lowest BCUT2D eigenvalue weighted by atomic mass is 10.3. The van der Waals surface area contributed by atoms with Crippen molar-refractivity contribution < 1.29 is 10.1 Å². The van der Waals surface area contributed by atoms with Crippen LogP contribution >= 0.6 is 23.2 Å². The first-order valence-electron chi connectivity index (χ1n) is 2.92. The van der Waals surface area contributed by atoms with Crippen LogP contribution in [0.25, 0.3) is 0 Å². The fourth-order valence-corrected chi connectivity index (χ4v) is 1.17. The zero-order chi connectivity index (χ0) is 9.14. The van der Waals surface area contributed by atoms with Crippen LogP contribution in [0.5, 0.6) is 0 Å². The summed E-state index contributed by atoms with van der Waals surface area (Å²) in [6.45, 7) is 0. The molecular formula is C6H4Cl2N2O2. The van der Waals surface area contributed by atoms with E-state index >= 15 is 0 Å². The van der Waals surface area contributed by atoms with Crippen LogP contribution in [0, 0.1) is 5.21 Å². The first kappa shape index (κ1) is 9.09. The van der Waals surface area contributed by atoms with E-state index in [1.54, 1.807) is 0 Å². The number of hydrogen-bond donors (Lipinski definition) is 1. The SMILES string of the molecule is [O-][N+](=NO)c1ccc(Cl)cc1Cl. The standard InChI is InChI=1S/C6H4Cl2N2O2/c7-4-1-2-6(5(8)3-4)10(12)9-11/h1-3,11H. The number of halogens is 2. The van der Waals surface area contributed by atoms with Crippen molar-refractivity contribution in [2.45, 2.75) is 0 Å². The van der Waals surface area contributed by atoms with Gasteiger partial charge in [-0.05, 0) is 17.0 Å². The molecule has 1 rings (SSSR count). The van der Waals surface area contributed by atoms with Gasteiger partial charge in [0.25, 0.3) is 5.69 Å². The molecule has 0 aliphatic heterocycles. The lowest BCUT2D eigenvalue weighted by Crippen LogP contribution is -1.90. The van der Waals surface area contributed by atoms with E-state index in [4.69, 9.17) is 28.4 Å². The van der Waals surface area contributed by atoms with E-state index in [2.05, 4.69) is 5.28 Å². The van der Waals surface area contributed by atoms with Crippen LogP contribution in [0.3, 0.4) is 0 Å². The molecule has 0 radical (unpaired) electrons. The number of benzene rings is 1. The second-order valence-electron chi connectivity index (χ2n) is 1.96. The van der Waals surface area contributed by atoms with E-state index < -0.39 is 0 Å². The third-order valence-corrected chi connectivity index (χ3v) is 1.73. The van der Waals surface area contributed by atoms with Gasteiger partial charge in [-0.2, -0.15) is 0 Å². The predicted molar refractivity (Wildman–Crippen MR) is 44.0 cm³/mol. The summed E-state index contributed by atoms with van der Waals surface area (Å²) >= 11 is 11.2. The number of rotatable bonds is 1. The smallest absolute Gasteiger partial charge is 0.266 e. The highest BCUT2D eigenvalue weighted by Gasteiger charge is 2.09. The Balaban J connectivity index is 3.18. The molecule has 1 aromatic rings. The van der Waals surface area contributed by atoms with Gasteiger partial charge >= 0.3 is 0 Å². The van der Waals surface area contributed by atoms with Crippen molar-refractivity contribution in [2.75, 3.05) is 0 Å². The van der Waals surface area contributed by atoms with Crippen LogP contribution in [0.2, 0.25) is 10.0 Å². The molecule has 0 saturated carbocycles. The highest BCUT2D eigenvalue weighted by Crippen LogP contribution is 2.27. The van der Waals surface area contributed by atoms with Crippen LogP contribution < -0.4 is 0 Å². The largest absolute Gasteiger partial charge is 0.592 e. The Hall–Kier alpha value is -1.000. The van der Waals surface area contributed by atoms with Gasteiger partial charge in [0.1, 0.15) is 5.02 Å². The maximum Gasteiger partial charge on any atom is 0.266 e. The molecule has 0 bridgehead atoms. The van der Waals surface area contributed by atoms with Gasteiger partial charge in [0.15, 0.2) is 0 Å². The summed E-state index contributed by atoms with van der Waals surface area (Å²) in [4.78, 5) is -0.00133. The van der Waals surface area contributed by atoms with Crippen molar-refractivity contribution in [3.63, 3.8) is 0 Å². The van der Waals surface area contributed by atoms with Crippen molar-refractivity contribution in [2.24, 2.45) is 5.28 Å². The highest BCUT2D eigenvalue weighted by molar-refractivity contribution is 6.35. The molecule has 1 N–H and O–H groups in total. The van der Waals surface area contributed by atoms with Gasteiger partial charge in [0, 0.05) is 11.1 Å². The van der Waals surface area contributed by atoms with E-state index in [-0.39, 0.29) is 15.6 Å². The van der Waals surface area contributed by atoms with Crippen LogP contribution in [0.15, 0.2) is 23.5 Å². The van der Waals surface area contributed by atoms with E-state index in [1.807, 2.05) is 0 Å². The Kier molecular flexibility index (Phi) is 2.73. The first-order chi connectivity index (χ1) is 5.65. The number of nitrogens with zero attached hydrogens (tertiary/aromatic N) is 2. The lowest BCUT2D eigenvalue weighted by molar-refractivity contribution is -0.473. The molecule has 1 aromatic carbocycles. The van der Waals surface area contributed by atoms with E-state index in [1.165, 1.54) is 18.2 Å². The zero-order valence-corrected chi connectivity index (χ0v) is 7.25. The maximum absolute atomic E-state index is 10.7. The van der Waals surface area contributed by atoms with Crippen molar-refractivity contribution in [3.05, 3.63) is 33.5 Å². The van der Waals surface area contributed by atoms with Gasteiger partial charge in [0.2, 0.25) is 5.28 Å². The average molecular weight is 207 g/mol. The molecule has 64 valence electrons. The topological polar surface area (TPSA) is 58.7 Å². The van der Waals surface area contributed by atoms with E-state index in [9.17, 15) is 5.21 Å². The molecule has 4 nitrogen and oxygen atoms in total. The Bertz CT molecular complexity index is 327. The van der Waals surface area contributed by atoms with E-state index in [0.717, 1.165) is 0 Å². The van der Waals surface area contributed by atoms with Gasteiger partial charge in [0.05, 0.1) is 0 Å². The summed E-state index contributed by atoms with van der Waals surface area (Å²) < 4.78 is 0. The second-order valence-corrected chi connectivity index (χ2v) is 2.80. The summed E-state index contributed by atoms with van der Waals surface area (Å²) in [6.07, 6.45) is 0. The van der Waals surface area contributed by atoms with Gasteiger partial charge in [-0.3, -0.25) is 0 Å². The molecular weight excluding hydrogens is 203 g/mol. The second kappa shape index (κ2) is 3.60. The average Bonchev–Trinajstić information content (AvgIpc) is 2.03. The minimum atomic E-state index is -0.00133. The van der Waals surface area contributed by atoms with Crippen molar-refractivity contribution >= 4 is 28.9 Å². The van der Waals surface area contributed by atoms with Crippen LogP contribution in [-0.4, -0.2) is 10.1 Å². The molecule has 12 heavy (non-hydrogen) atoms. The predicted octanol–water partition coefficient (Wildman–Crippen LogP) is 2.98. The fourth-order valence-electron chi connectivity index (χ4n) is 0.685. The molecule has 6 heteroatoms. The molecule has 0 aromatic heterocycles. The van der Waals surface area contributed by atoms with Gasteiger partial charge in [-0.25, -0.2) is 0 Å². The molecule has 0 unspecified atom stereocenters. The van der Waals surface area contributed by atoms with Crippen molar-refractivity contribution in [3.8, 4) is 0 Å². The molecule has 0 aliphatic rings. The Labute approximate surface area is 78.2 Å². The molecule has 0 fully saturated rings. The summed E-state index contributed by atoms with van der Waals surface area (Å²) in [5.74, 6) is 0. The summed E-state index contributed by atoms with van der Waals surface area (Å²) in [7, 11) is 0. The molecule has 0 spiro atoms. The summed E-state index contributed by atoms with van der Waals surface area (Å²) in [5, 5.41) is 21.8. The van der Waals surface area contributed by atoms with Crippen molar-refractivity contribution in [1.29, 1.82) is 0 Å². The van der Waals surface area contributed by atoms with Crippen LogP contribution in [-0.2, 0) is 0 Å². The molecule has 0 atom stereocenters. The third-order valence-electron chi connectivity index (χ3n) is 1.20. The molecule has 0 aliphatic carbocycles. The van der Waals surface area contributed by atoms with Crippen LogP contribution in [0.4, 0.5) is 5.69 Å². The van der Waals surface area contributed by atoms with Gasteiger partial charge in [-0.15, -0.1) is 0 Å². The van der Waals surface area contributed by atoms with Gasteiger partial charge in [-0.1, -0.05) is 23.2 Å². The summed E-state index contributed by atoms with van der Waals surface area (Å²) in [5.41, 5.74) is 0.0450. The fraction of sp³-hybridized carbons (Fsp3) is 0. The molecule has 0 amide bonds. The van der Waals surface area contributed by atoms with Gasteiger partial charge < -0.3 is 10.4 Å². The number of hydrogen-bond acceptors (Lipinski definition) is 2. The monoisotopic (exact) mass is 206 g/mol. The minimum Gasteiger partial charge on any atom is -0.592 e. The zero-order valence-electron chi connectivity index (χ0n) is 5.74.